The third-order valence-corrected chi connectivity index (χ3v) is 6.21. The van der Waals surface area contributed by atoms with Gasteiger partial charge in [-0.15, -0.1) is 0 Å². The molecule has 1 saturated carbocycles. The van der Waals surface area contributed by atoms with Crippen molar-refractivity contribution in [3.63, 3.8) is 0 Å². The summed E-state index contributed by atoms with van der Waals surface area (Å²) in [4.78, 5) is 32.7. The van der Waals surface area contributed by atoms with Crippen LogP contribution in [0.4, 0.5) is 14.6 Å². The Morgan fingerprint density at radius 1 is 1.07 bits per heavy atom. The number of amides is 2. The van der Waals surface area contributed by atoms with E-state index < -0.39 is 11.6 Å². The molecule has 2 heterocycles. The van der Waals surface area contributed by atoms with Crippen LogP contribution in [0.3, 0.4) is 0 Å². The van der Waals surface area contributed by atoms with E-state index in [-0.39, 0.29) is 23.8 Å². The van der Waals surface area contributed by atoms with Gasteiger partial charge in [0.15, 0.2) is 0 Å². The third-order valence-electron chi connectivity index (χ3n) is 6.21. The van der Waals surface area contributed by atoms with Crippen molar-refractivity contribution >= 4 is 17.6 Å². The summed E-state index contributed by atoms with van der Waals surface area (Å²) in [5.74, 6) is -0.622. The van der Waals surface area contributed by atoms with Crippen LogP contribution in [-0.4, -0.2) is 41.3 Å². The van der Waals surface area contributed by atoms with E-state index in [0.29, 0.717) is 23.4 Å². The number of rotatable bonds is 4. The highest BCUT2D eigenvalue weighted by Crippen LogP contribution is 2.32. The Morgan fingerprint density at radius 3 is 2.33 bits per heavy atom. The number of halogens is 2. The molecule has 2 fully saturated rings. The number of nitrogens with zero attached hydrogens (tertiary/aromatic N) is 3. The van der Waals surface area contributed by atoms with Gasteiger partial charge in [-0.25, -0.2) is 13.8 Å². The zero-order valence-electron chi connectivity index (χ0n) is 17.0. The normalized spacial score (nSPS) is 21.7. The van der Waals surface area contributed by atoms with Crippen molar-refractivity contribution in [1.29, 1.82) is 0 Å². The van der Waals surface area contributed by atoms with Crippen molar-refractivity contribution < 1.29 is 18.4 Å². The van der Waals surface area contributed by atoms with Crippen LogP contribution in [-0.2, 0) is 9.59 Å². The zero-order valence-corrected chi connectivity index (χ0v) is 17.0. The van der Waals surface area contributed by atoms with E-state index in [9.17, 15) is 18.4 Å². The van der Waals surface area contributed by atoms with Crippen molar-refractivity contribution in [1.82, 2.24) is 9.88 Å². The SMILES string of the molecule is CN(C(=O)C1CCC(N2CCCC2=O)CC1)c1ccc(-c2cc(F)cc(F)c2)cn1. The molecule has 1 aliphatic heterocycles. The van der Waals surface area contributed by atoms with Crippen LogP contribution in [0.2, 0.25) is 0 Å². The van der Waals surface area contributed by atoms with E-state index in [0.717, 1.165) is 44.7 Å². The van der Waals surface area contributed by atoms with Crippen molar-refractivity contribution in [3.8, 4) is 11.1 Å². The Kier molecular flexibility index (Phi) is 5.79. The van der Waals surface area contributed by atoms with Crippen LogP contribution in [0.1, 0.15) is 38.5 Å². The first kappa shape index (κ1) is 20.4. The predicted octanol–water partition coefficient (Wildman–Crippen LogP) is 4.17. The largest absolute Gasteiger partial charge is 0.340 e. The molecule has 158 valence electrons. The molecule has 0 unspecified atom stereocenters. The van der Waals surface area contributed by atoms with Gasteiger partial charge in [0.1, 0.15) is 17.5 Å². The minimum atomic E-state index is -0.646. The molecule has 0 atom stereocenters. The molecule has 5 nitrogen and oxygen atoms in total. The highest BCUT2D eigenvalue weighted by atomic mass is 19.1. The molecule has 0 bridgehead atoms. The second-order valence-corrected chi connectivity index (χ2v) is 8.16. The quantitative estimate of drug-likeness (QED) is 0.756. The van der Waals surface area contributed by atoms with Crippen LogP contribution in [0.5, 0.6) is 0 Å². The fourth-order valence-corrected chi connectivity index (χ4v) is 4.55. The summed E-state index contributed by atoms with van der Waals surface area (Å²) < 4.78 is 26.9. The number of aromatic nitrogens is 1. The molecule has 30 heavy (non-hydrogen) atoms. The Morgan fingerprint density at radius 2 is 1.77 bits per heavy atom. The van der Waals surface area contributed by atoms with E-state index in [1.54, 1.807) is 24.1 Å². The number of anilines is 1. The van der Waals surface area contributed by atoms with Gasteiger partial charge in [0.05, 0.1) is 0 Å². The molecular weight excluding hydrogens is 388 g/mol. The first-order valence-electron chi connectivity index (χ1n) is 10.4. The third kappa shape index (κ3) is 4.20. The predicted molar refractivity (Wildman–Crippen MR) is 110 cm³/mol. The lowest BCUT2D eigenvalue weighted by atomic mass is 9.84. The minimum Gasteiger partial charge on any atom is -0.340 e. The summed E-state index contributed by atoms with van der Waals surface area (Å²) in [5, 5.41) is 0. The summed E-state index contributed by atoms with van der Waals surface area (Å²) in [6.07, 6.45) is 6.33. The molecule has 4 rings (SSSR count). The molecule has 1 aromatic carbocycles. The van der Waals surface area contributed by atoms with Gasteiger partial charge in [-0.1, -0.05) is 0 Å². The standard InChI is InChI=1S/C23H25F2N3O2/c1-27(21-9-6-16(14-26-21)17-11-18(24)13-19(25)12-17)23(30)15-4-7-20(8-5-15)28-10-2-3-22(28)29/h6,9,11-15,20H,2-5,7-8,10H2,1H3. The molecule has 1 aromatic heterocycles. The molecule has 2 aliphatic rings. The van der Waals surface area contributed by atoms with Gasteiger partial charge in [0.2, 0.25) is 11.8 Å². The van der Waals surface area contributed by atoms with Gasteiger partial charge in [-0.2, -0.15) is 0 Å². The summed E-state index contributed by atoms with van der Waals surface area (Å²) in [6, 6.07) is 6.97. The van der Waals surface area contributed by atoms with Gasteiger partial charge >= 0.3 is 0 Å². The number of benzene rings is 1. The average molecular weight is 413 g/mol. The fourth-order valence-electron chi connectivity index (χ4n) is 4.55. The zero-order chi connectivity index (χ0) is 21.3. The Labute approximate surface area is 174 Å². The van der Waals surface area contributed by atoms with Crippen LogP contribution in [0, 0.1) is 17.6 Å². The van der Waals surface area contributed by atoms with E-state index >= 15 is 0 Å². The van der Waals surface area contributed by atoms with Crippen LogP contribution in [0.15, 0.2) is 36.5 Å². The molecule has 1 saturated heterocycles. The van der Waals surface area contributed by atoms with E-state index in [1.807, 2.05) is 4.90 Å². The molecule has 7 heteroatoms. The maximum absolute atomic E-state index is 13.4. The highest BCUT2D eigenvalue weighted by Gasteiger charge is 2.34. The summed E-state index contributed by atoms with van der Waals surface area (Å²) >= 11 is 0. The summed E-state index contributed by atoms with van der Waals surface area (Å²) in [6.45, 7) is 0.841. The van der Waals surface area contributed by atoms with E-state index in [1.165, 1.54) is 18.3 Å². The lowest BCUT2D eigenvalue weighted by Gasteiger charge is -2.35. The number of carbonyl (C=O) groups is 2. The van der Waals surface area contributed by atoms with Crippen LogP contribution in [0.25, 0.3) is 11.1 Å². The smallest absolute Gasteiger partial charge is 0.230 e. The minimum absolute atomic E-state index is 0.0123. The molecule has 2 aromatic rings. The molecular formula is C23H25F2N3O2. The van der Waals surface area contributed by atoms with Crippen LogP contribution >= 0.6 is 0 Å². The van der Waals surface area contributed by atoms with Gasteiger partial charge in [-0.05, 0) is 61.9 Å². The van der Waals surface area contributed by atoms with Crippen molar-refractivity contribution in [2.24, 2.45) is 5.92 Å². The lowest BCUT2D eigenvalue weighted by Crippen LogP contribution is -2.42. The van der Waals surface area contributed by atoms with E-state index in [2.05, 4.69) is 4.98 Å². The van der Waals surface area contributed by atoms with Crippen molar-refractivity contribution in [3.05, 3.63) is 48.2 Å². The number of likely N-dealkylation sites (tertiary alicyclic amines) is 1. The van der Waals surface area contributed by atoms with Gasteiger partial charge in [-0.3, -0.25) is 14.5 Å². The maximum Gasteiger partial charge on any atom is 0.230 e. The van der Waals surface area contributed by atoms with Crippen molar-refractivity contribution in [2.45, 2.75) is 44.6 Å². The fraction of sp³-hybridized carbons (Fsp3) is 0.435. The van der Waals surface area contributed by atoms with Gasteiger partial charge < -0.3 is 4.90 Å². The molecule has 0 N–H and O–H groups in total. The first-order valence-corrected chi connectivity index (χ1v) is 10.4. The molecule has 2 amide bonds. The number of pyridine rings is 1. The van der Waals surface area contributed by atoms with E-state index in [4.69, 9.17) is 0 Å². The first-order chi connectivity index (χ1) is 14.4. The molecule has 1 aliphatic carbocycles. The summed E-state index contributed by atoms with van der Waals surface area (Å²) in [7, 11) is 1.70. The summed E-state index contributed by atoms with van der Waals surface area (Å²) in [5.41, 5.74) is 0.976. The number of hydrogen-bond acceptors (Lipinski definition) is 3. The van der Waals surface area contributed by atoms with Crippen molar-refractivity contribution in [2.75, 3.05) is 18.5 Å². The molecule has 0 radical (unpaired) electrons. The second kappa shape index (κ2) is 8.50. The van der Waals surface area contributed by atoms with Crippen LogP contribution < -0.4 is 4.90 Å². The van der Waals surface area contributed by atoms with Gasteiger partial charge in [0.25, 0.3) is 0 Å². The average Bonchev–Trinajstić information content (AvgIpc) is 3.18. The topological polar surface area (TPSA) is 53.5 Å². The Bertz CT molecular complexity index is 920. The molecule has 0 spiro atoms. The second-order valence-electron chi connectivity index (χ2n) is 8.16. The Hall–Kier alpha value is -2.83. The number of hydrogen-bond donors (Lipinski definition) is 0. The Balaban J connectivity index is 1.39. The highest BCUT2D eigenvalue weighted by molar-refractivity contribution is 5.93. The monoisotopic (exact) mass is 413 g/mol. The number of carbonyl (C=O) groups excluding carboxylic acids is 2. The van der Waals surface area contributed by atoms with Gasteiger partial charge in [0, 0.05) is 49.8 Å². The lowest BCUT2D eigenvalue weighted by molar-refractivity contribution is -0.130. The maximum atomic E-state index is 13.4.